The van der Waals surface area contributed by atoms with Gasteiger partial charge in [0.05, 0.1) is 16.2 Å². The average Bonchev–Trinajstić information content (AvgIpc) is 3.23. The van der Waals surface area contributed by atoms with Crippen molar-refractivity contribution in [3.05, 3.63) is 44.7 Å². The summed E-state index contributed by atoms with van der Waals surface area (Å²) in [5.41, 5.74) is 0.366. The summed E-state index contributed by atoms with van der Waals surface area (Å²) >= 11 is 12.1. The molecule has 0 amide bonds. The number of hydrogen-bond donors (Lipinski definition) is 0. The van der Waals surface area contributed by atoms with Crippen LogP contribution in [0.3, 0.4) is 0 Å². The standard InChI is InChI=1S/C14H11Cl2N5O/c1-20-11(7-2-3-7)19-12-9(14(20)22)6-18-21(12)13-10(16)4-8(15)5-17-13/h4-7H,2-3H2,1H3. The predicted octanol–water partition coefficient (Wildman–Crippen LogP) is 2.70. The van der Waals surface area contributed by atoms with E-state index in [0.717, 1.165) is 18.7 Å². The second-order valence-corrected chi connectivity index (χ2v) is 6.20. The molecule has 8 heteroatoms. The first-order valence-electron chi connectivity index (χ1n) is 6.82. The van der Waals surface area contributed by atoms with Crippen molar-refractivity contribution in [2.24, 2.45) is 7.05 Å². The van der Waals surface area contributed by atoms with Crippen LogP contribution >= 0.6 is 23.2 Å². The number of nitrogens with zero attached hydrogens (tertiary/aromatic N) is 5. The fourth-order valence-corrected chi connectivity index (χ4v) is 2.95. The molecule has 1 aliphatic carbocycles. The number of fused-ring (bicyclic) bond motifs is 1. The topological polar surface area (TPSA) is 65.6 Å². The Kier molecular flexibility index (Phi) is 2.99. The van der Waals surface area contributed by atoms with E-state index in [1.54, 1.807) is 17.7 Å². The van der Waals surface area contributed by atoms with Gasteiger partial charge in [0.2, 0.25) is 0 Å². The van der Waals surface area contributed by atoms with Gasteiger partial charge < -0.3 is 0 Å². The Bertz CT molecular complexity index is 958. The molecule has 0 N–H and O–H groups in total. The van der Waals surface area contributed by atoms with Crippen molar-refractivity contribution in [1.29, 1.82) is 0 Å². The van der Waals surface area contributed by atoms with Crippen molar-refractivity contribution in [3.8, 4) is 5.82 Å². The summed E-state index contributed by atoms with van der Waals surface area (Å²) in [7, 11) is 1.74. The van der Waals surface area contributed by atoms with Gasteiger partial charge in [-0.2, -0.15) is 9.78 Å². The van der Waals surface area contributed by atoms with E-state index in [9.17, 15) is 4.79 Å². The predicted molar refractivity (Wildman–Crippen MR) is 83.9 cm³/mol. The molecule has 3 aromatic rings. The van der Waals surface area contributed by atoms with Gasteiger partial charge in [-0.25, -0.2) is 9.97 Å². The Morgan fingerprint density at radius 2 is 2.05 bits per heavy atom. The van der Waals surface area contributed by atoms with Crippen LogP contribution < -0.4 is 5.56 Å². The Balaban J connectivity index is 2.01. The summed E-state index contributed by atoms with van der Waals surface area (Å²) < 4.78 is 3.09. The molecule has 4 rings (SSSR count). The summed E-state index contributed by atoms with van der Waals surface area (Å²) in [6, 6.07) is 1.59. The zero-order valence-corrected chi connectivity index (χ0v) is 13.1. The largest absolute Gasteiger partial charge is 0.299 e. The van der Waals surface area contributed by atoms with Crippen molar-refractivity contribution in [2.45, 2.75) is 18.8 Å². The molecular formula is C14H11Cl2N5O. The lowest BCUT2D eigenvalue weighted by atomic mass is 10.3. The van der Waals surface area contributed by atoms with Gasteiger partial charge >= 0.3 is 0 Å². The maximum atomic E-state index is 12.5. The summed E-state index contributed by atoms with van der Waals surface area (Å²) in [4.78, 5) is 21.3. The lowest BCUT2D eigenvalue weighted by Gasteiger charge is -2.08. The van der Waals surface area contributed by atoms with Gasteiger partial charge in [-0.05, 0) is 18.9 Å². The Morgan fingerprint density at radius 1 is 1.27 bits per heavy atom. The molecule has 0 radical (unpaired) electrons. The van der Waals surface area contributed by atoms with Gasteiger partial charge in [-0.15, -0.1) is 0 Å². The average molecular weight is 336 g/mol. The number of rotatable bonds is 2. The molecule has 0 aliphatic heterocycles. The number of halogens is 2. The van der Waals surface area contributed by atoms with E-state index in [1.165, 1.54) is 17.1 Å². The quantitative estimate of drug-likeness (QED) is 0.722. The summed E-state index contributed by atoms with van der Waals surface area (Å²) in [6.45, 7) is 0. The molecule has 0 bridgehead atoms. The van der Waals surface area contributed by atoms with Crippen molar-refractivity contribution in [1.82, 2.24) is 24.3 Å². The van der Waals surface area contributed by atoms with Gasteiger partial charge in [0, 0.05) is 19.2 Å². The maximum Gasteiger partial charge on any atom is 0.264 e. The third kappa shape index (κ3) is 2.02. The van der Waals surface area contributed by atoms with Crippen LogP contribution in [0.25, 0.3) is 16.9 Å². The molecule has 0 spiro atoms. The van der Waals surface area contributed by atoms with Gasteiger partial charge in [0.15, 0.2) is 11.5 Å². The van der Waals surface area contributed by atoms with E-state index < -0.39 is 0 Å². The highest BCUT2D eigenvalue weighted by molar-refractivity contribution is 6.35. The van der Waals surface area contributed by atoms with Gasteiger partial charge in [-0.1, -0.05) is 23.2 Å². The first-order valence-corrected chi connectivity index (χ1v) is 7.58. The molecule has 3 aromatic heterocycles. The van der Waals surface area contributed by atoms with E-state index in [-0.39, 0.29) is 5.56 Å². The molecule has 3 heterocycles. The molecule has 1 fully saturated rings. The molecule has 112 valence electrons. The van der Waals surface area contributed by atoms with E-state index in [4.69, 9.17) is 23.2 Å². The third-order valence-electron chi connectivity index (χ3n) is 3.77. The normalized spacial score (nSPS) is 14.7. The highest BCUT2D eigenvalue weighted by Crippen LogP contribution is 2.38. The first-order chi connectivity index (χ1) is 10.6. The minimum Gasteiger partial charge on any atom is -0.299 e. The maximum absolute atomic E-state index is 12.5. The Labute approximate surface area is 135 Å². The fraction of sp³-hybridized carbons (Fsp3) is 0.286. The summed E-state index contributed by atoms with van der Waals surface area (Å²) in [6.07, 6.45) is 5.09. The number of pyridine rings is 1. The monoisotopic (exact) mass is 335 g/mol. The molecule has 1 aliphatic rings. The summed E-state index contributed by atoms with van der Waals surface area (Å²) in [5, 5.41) is 5.47. The third-order valence-corrected chi connectivity index (χ3v) is 4.26. The van der Waals surface area contributed by atoms with Crippen LogP contribution in [0.15, 0.2) is 23.3 Å². The van der Waals surface area contributed by atoms with Gasteiger partial charge in [0.25, 0.3) is 5.56 Å². The van der Waals surface area contributed by atoms with E-state index in [2.05, 4.69) is 15.1 Å². The van der Waals surface area contributed by atoms with Crippen molar-refractivity contribution in [3.63, 3.8) is 0 Å². The molecule has 0 atom stereocenters. The fourth-order valence-electron chi connectivity index (χ4n) is 2.49. The van der Waals surface area contributed by atoms with Crippen LogP contribution in [-0.2, 0) is 7.05 Å². The second-order valence-electron chi connectivity index (χ2n) is 5.36. The van der Waals surface area contributed by atoms with Crippen LogP contribution in [0.4, 0.5) is 0 Å². The van der Waals surface area contributed by atoms with Gasteiger partial charge in [0.1, 0.15) is 11.2 Å². The van der Waals surface area contributed by atoms with Crippen LogP contribution in [0, 0.1) is 0 Å². The zero-order valence-electron chi connectivity index (χ0n) is 11.6. The van der Waals surface area contributed by atoms with E-state index in [0.29, 0.717) is 32.8 Å². The van der Waals surface area contributed by atoms with E-state index in [1.807, 2.05) is 0 Å². The van der Waals surface area contributed by atoms with E-state index >= 15 is 0 Å². The summed E-state index contributed by atoms with van der Waals surface area (Å²) in [5.74, 6) is 1.53. The number of aromatic nitrogens is 5. The minimum absolute atomic E-state index is 0.108. The van der Waals surface area contributed by atoms with Crippen LogP contribution in [0.5, 0.6) is 0 Å². The molecule has 22 heavy (non-hydrogen) atoms. The van der Waals surface area contributed by atoms with Crippen LogP contribution in [0.1, 0.15) is 24.6 Å². The molecule has 0 aromatic carbocycles. The lowest BCUT2D eigenvalue weighted by molar-refractivity contribution is 0.738. The highest BCUT2D eigenvalue weighted by atomic mass is 35.5. The number of hydrogen-bond acceptors (Lipinski definition) is 4. The van der Waals surface area contributed by atoms with Crippen molar-refractivity contribution >= 4 is 34.2 Å². The minimum atomic E-state index is -0.108. The van der Waals surface area contributed by atoms with Crippen LogP contribution in [-0.4, -0.2) is 24.3 Å². The Morgan fingerprint density at radius 3 is 2.73 bits per heavy atom. The molecule has 1 saturated carbocycles. The first kappa shape index (κ1) is 13.7. The second kappa shape index (κ2) is 4.79. The van der Waals surface area contributed by atoms with Gasteiger partial charge in [-0.3, -0.25) is 9.36 Å². The lowest BCUT2D eigenvalue weighted by Crippen LogP contribution is -2.22. The molecule has 6 nitrogen and oxygen atoms in total. The molecule has 0 saturated heterocycles. The zero-order chi connectivity index (χ0) is 15.4. The molecule has 0 unspecified atom stereocenters. The smallest absolute Gasteiger partial charge is 0.264 e. The molecular weight excluding hydrogens is 325 g/mol. The van der Waals surface area contributed by atoms with Crippen molar-refractivity contribution in [2.75, 3.05) is 0 Å². The highest BCUT2D eigenvalue weighted by Gasteiger charge is 2.29. The van der Waals surface area contributed by atoms with Crippen molar-refractivity contribution < 1.29 is 0 Å². The van der Waals surface area contributed by atoms with Crippen LogP contribution in [0.2, 0.25) is 10.0 Å². The SMILES string of the molecule is Cn1c(C2CC2)nc2c(cnn2-c2ncc(Cl)cc2Cl)c1=O. The Hall–Kier alpha value is -1.92.